The molecule has 2 aromatic carbocycles. The Bertz CT molecular complexity index is 732. The molecule has 0 aliphatic carbocycles. The minimum absolute atomic E-state index is 0.0209. The average Bonchev–Trinajstić information content (AvgIpc) is 2.61. The highest BCUT2D eigenvalue weighted by atomic mass is 16.6. The zero-order valence-electron chi connectivity index (χ0n) is 13.3. The topological polar surface area (TPSA) is 111 Å². The highest BCUT2D eigenvalue weighted by Gasteiger charge is 2.07. The molecule has 8 nitrogen and oxygen atoms in total. The van der Waals surface area contributed by atoms with Crippen LogP contribution in [0.5, 0.6) is 0 Å². The highest BCUT2D eigenvalue weighted by molar-refractivity contribution is 5.89. The second-order valence-electron chi connectivity index (χ2n) is 5.08. The molecular formula is C17H17N3O5. The summed E-state index contributed by atoms with van der Waals surface area (Å²) in [6.45, 7) is 0.158. The Kier molecular flexibility index (Phi) is 6.47. The van der Waals surface area contributed by atoms with E-state index in [4.69, 9.17) is 4.74 Å². The number of anilines is 1. The van der Waals surface area contributed by atoms with Crippen molar-refractivity contribution in [3.63, 3.8) is 0 Å². The molecule has 25 heavy (non-hydrogen) atoms. The number of carbonyl (C=O) groups is 2. The normalized spacial score (nSPS) is 9.92. The number of carbonyl (C=O) groups excluding carboxylic acids is 2. The molecule has 2 aromatic rings. The highest BCUT2D eigenvalue weighted by Crippen LogP contribution is 2.12. The molecule has 0 bridgehead atoms. The fourth-order valence-corrected chi connectivity index (χ4v) is 1.92. The number of hydrogen-bond donors (Lipinski definition) is 2. The van der Waals surface area contributed by atoms with Crippen LogP contribution in [0.2, 0.25) is 0 Å². The Morgan fingerprint density at radius 2 is 1.72 bits per heavy atom. The lowest BCUT2D eigenvalue weighted by Crippen LogP contribution is -2.30. The second-order valence-corrected chi connectivity index (χ2v) is 5.08. The minimum Gasteiger partial charge on any atom is -0.461 e. The van der Waals surface area contributed by atoms with Gasteiger partial charge in [0.15, 0.2) is 0 Å². The van der Waals surface area contributed by atoms with E-state index in [0.717, 1.165) is 0 Å². The van der Waals surface area contributed by atoms with Gasteiger partial charge in [-0.05, 0) is 29.8 Å². The van der Waals surface area contributed by atoms with E-state index in [0.29, 0.717) is 11.3 Å². The van der Waals surface area contributed by atoms with Crippen LogP contribution in [-0.2, 0) is 16.1 Å². The number of nitrogens with zero attached hydrogens (tertiary/aromatic N) is 1. The van der Waals surface area contributed by atoms with Gasteiger partial charge < -0.3 is 15.4 Å². The number of esters is 1. The summed E-state index contributed by atoms with van der Waals surface area (Å²) in [6.07, 6.45) is 0.0230. The molecule has 0 saturated heterocycles. The van der Waals surface area contributed by atoms with E-state index in [1.807, 2.05) is 6.07 Å². The van der Waals surface area contributed by atoms with Crippen LogP contribution in [0.15, 0.2) is 54.6 Å². The van der Waals surface area contributed by atoms with Crippen molar-refractivity contribution in [3.05, 3.63) is 70.3 Å². The molecule has 0 aromatic heterocycles. The van der Waals surface area contributed by atoms with Gasteiger partial charge in [0.1, 0.15) is 6.61 Å². The van der Waals surface area contributed by atoms with Crippen molar-refractivity contribution in [1.82, 2.24) is 5.32 Å². The quantitative estimate of drug-likeness (QED) is 0.456. The summed E-state index contributed by atoms with van der Waals surface area (Å²) < 4.78 is 5.05. The fourth-order valence-electron chi connectivity index (χ4n) is 1.92. The van der Waals surface area contributed by atoms with E-state index < -0.39 is 16.9 Å². The number of nitrogens with one attached hydrogen (secondary N) is 2. The van der Waals surface area contributed by atoms with Gasteiger partial charge in [-0.15, -0.1) is 0 Å². The molecule has 0 saturated carbocycles. The number of rotatable bonds is 7. The number of urea groups is 1. The smallest absolute Gasteiger partial charge is 0.319 e. The van der Waals surface area contributed by atoms with Gasteiger partial charge >= 0.3 is 12.0 Å². The summed E-state index contributed by atoms with van der Waals surface area (Å²) in [5, 5.41) is 15.7. The minimum atomic E-state index is -0.498. The average molecular weight is 343 g/mol. The first-order chi connectivity index (χ1) is 12.0. The third-order valence-corrected chi connectivity index (χ3v) is 3.19. The van der Waals surface area contributed by atoms with Gasteiger partial charge in [0.25, 0.3) is 5.69 Å². The number of amides is 2. The number of benzene rings is 2. The van der Waals surface area contributed by atoms with E-state index in [9.17, 15) is 19.7 Å². The van der Waals surface area contributed by atoms with Gasteiger partial charge in [-0.2, -0.15) is 0 Å². The maximum Gasteiger partial charge on any atom is 0.319 e. The Labute approximate surface area is 144 Å². The van der Waals surface area contributed by atoms with Gasteiger partial charge in [-0.25, -0.2) is 4.79 Å². The van der Waals surface area contributed by atoms with Crippen LogP contribution < -0.4 is 10.6 Å². The Morgan fingerprint density at radius 3 is 2.36 bits per heavy atom. The monoisotopic (exact) mass is 343 g/mol. The van der Waals surface area contributed by atoms with Crippen LogP contribution in [0.1, 0.15) is 12.0 Å². The predicted octanol–water partition coefficient (Wildman–Crippen LogP) is 2.85. The van der Waals surface area contributed by atoms with E-state index in [-0.39, 0.29) is 25.3 Å². The first-order valence-corrected chi connectivity index (χ1v) is 7.53. The molecule has 130 valence electrons. The maximum atomic E-state index is 11.6. The van der Waals surface area contributed by atoms with Gasteiger partial charge in [-0.3, -0.25) is 14.9 Å². The number of nitro benzene ring substituents is 1. The molecule has 0 unspecified atom stereocenters. The Morgan fingerprint density at radius 1 is 1.04 bits per heavy atom. The second kappa shape index (κ2) is 9.02. The van der Waals surface area contributed by atoms with Gasteiger partial charge in [-0.1, -0.05) is 18.2 Å². The summed E-state index contributed by atoms with van der Waals surface area (Å²) in [5.41, 5.74) is 1.28. The van der Waals surface area contributed by atoms with Crippen molar-refractivity contribution in [3.8, 4) is 0 Å². The van der Waals surface area contributed by atoms with E-state index in [1.54, 1.807) is 24.3 Å². The zero-order chi connectivity index (χ0) is 18.1. The Hall–Kier alpha value is -3.42. The maximum absolute atomic E-state index is 11.6. The molecule has 0 fully saturated rings. The van der Waals surface area contributed by atoms with Crippen LogP contribution in [0.4, 0.5) is 16.2 Å². The molecule has 0 heterocycles. The van der Waals surface area contributed by atoms with Crippen molar-refractivity contribution < 1.29 is 19.2 Å². The lowest BCUT2D eigenvalue weighted by molar-refractivity contribution is -0.384. The molecule has 2 amide bonds. The molecule has 0 radical (unpaired) electrons. The van der Waals surface area contributed by atoms with Crippen molar-refractivity contribution in [1.29, 1.82) is 0 Å². The summed E-state index contributed by atoms with van der Waals surface area (Å²) >= 11 is 0. The van der Waals surface area contributed by atoms with E-state index in [2.05, 4.69) is 10.6 Å². The lowest BCUT2D eigenvalue weighted by atomic mass is 10.2. The number of ether oxygens (including phenoxy) is 1. The predicted molar refractivity (Wildman–Crippen MR) is 91.0 cm³/mol. The van der Waals surface area contributed by atoms with Gasteiger partial charge in [0, 0.05) is 24.4 Å². The summed E-state index contributed by atoms with van der Waals surface area (Å²) in [4.78, 5) is 33.3. The standard InChI is InChI=1S/C17H17N3O5/c21-16(25-12-13-6-8-15(9-7-13)20(23)24)10-11-18-17(22)19-14-4-2-1-3-5-14/h1-9H,10-12H2,(H2,18,19,22). The molecule has 2 N–H and O–H groups in total. The van der Waals surface area contributed by atoms with Crippen LogP contribution in [0.25, 0.3) is 0 Å². The summed E-state index contributed by atoms with van der Waals surface area (Å²) in [6, 6.07) is 14.3. The first-order valence-electron chi connectivity index (χ1n) is 7.53. The SMILES string of the molecule is O=C(NCCC(=O)OCc1ccc([N+](=O)[O-])cc1)Nc1ccccc1. The van der Waals surface area contributed by atoms with Crippen LogP contribution in [-0.4, -0.2) is 23.5 Å². The third kappa shape index (κ3) is 6.30. The zero-order valence-corrected chi connectivity index (χ0v) is 13.3. The molecular weight excluding hydrogens is 326 g/mol. The van der Waals surface area contributed by atoms with Crippen molar-refractivity contribution in [2.45, 2.75) is 13.0 Å². The third-order valence-electron chi connectivity index (χ3n) is 3.19. The molecule has 2 rings (SSSR count). The fraction of sp³-hybridized carbons (Fsp3) is 0.176. The number of para-hydroxylation sites is 1. The van der Waals surface area contributed by atoms with Crippen molar-refractivity contribution in [2.75, 3.05) is 11.9 Å². The number of hydrogen-bond acceptors (Lipinski definition) is 5. The van der Waals surface area contributed by atoms with Crippen LogP contribution in [0, 0.1) is 10.1 Å². The number of non-ortho nitro benzene ring substituents is 1. The van der Waals surface area contributed by atoms with Crippen molar-refractivity contribution >= 4 is 23.4 Å². The van der Waals surface area contributed by atoms with Gasteiger partial charge in [0.05, 0.1) is 11.3 Å². The van der Waals surface area contributed by atoms with Crippen molar-refractivity contribution in [2.24, 2.45) is 0 Å². The van der Waals surface area contributed by atoms with Gasteiger partial charge in [0.2, 0.25) is 0 Å². The summed E-state index contributed by atoms with van der Waals surface area (Å²) in [7, 11) is 0. The van der Waals surface area contributed by atoms with E-state index in [1.165, 1.54) is 24.3 Å². The number of nitro groups is 1. The molecule has 0 aliphatic rings. The van der Waals surface area contributed by atoms with Crippen LogP contribution >= 0.6 is 0 Å². The molecule has 8 heteroatoms. The van der Waals surface area contributed by atoms with Crippen LogP contribution in [0.3, 0.4) is 0 Å². The Balaban J connectivity index is 1.65. The lowest BCUT2D eigenvalue weighted by Gasteiger charge is -2.08. The largest absolute Gasteiger partial charge is 0.461 e. The van der Waals surface area contributed by atoms with E-state index >= 15 is 0 Å². The summed E-state index contributed by atoms with van der Waals surface area (Å²) in [5.74, 6) is -0.474. The molecule has 0 atom stereocenters. The first kappa shape index (κ1) is 17.9. The molecule has 0 spiro atoms. The molecule has 0 aliphatic heterocycles.